The summed E-state index contributed by atoms with van der Waals surface area (Å²) < 4.78 is 19.4. The van der Waals surface area contributed by atoms with Crippen molar-refractivity contribution in [3.63, 3.8) is 0 Å². The molecule has 3 heterocycles. The lowest BCUT2D eigenvalue weighted by Gasteiger charge is -2.23. The van der Waals surface area contributed by atoms with Gasteiger partial charge in [-0.2, -0.15) is 0 Å². The molecule has 0 aromatic carbocycles. The number of carboxylic acids is 1. The molecule has 29 heavy (non-hydrogen) atoms. The Hall–Kier alpha value is -1.53. The molecule has 2 aromatic rings. The number of hydrogen-bond donors (Lipinski definition) is 1. The fraction of sp³-hybridized carbons (Fsp3) is 0.706. The Morgan fingerprint density at radius 1 is 1.38 bits per heavy atom. The third kappa shape index (κ3) is 4.06. The minimum absolute atomic E-state index is 0.247. The van der Waals surface area contributed by atoms with Gasteiger partial charge >= 0.3 is 5.97 Å². The number of hydrogen-bond acceptors (Lipinski definition) is 9. The lowest BCUT2D eigenvalue weighted by molar-refractivity contribution is -0.173. The van der Waals surface area contributed by atoms with Gasteiger partial charge in [0, 0.05) is 12.2 Å². The van der Waals surface area contributed by atoms with Crippen molar-refractivity contribution in [3.05, 3.63) is 5.15 Å². The monoisotopic (exact) mass is 443 g/mol. The molecule has 158 valence electrons. The summed E-state index contributed by atoms with van der Waals surface area (Å²) in [7, 11) is 0. The molecule has 2 fully saturated rings. The van der Waals surface area contributed by atoms with Crippen molar-refractivity contribution in [3.8, 4) is 0 Å². The first-order valence-electron chi connectivity index (χ1n) is 9.39. The highest BCUT2D eigenvalue weighted by atomic mass is 35.5. The molecule has 1 saturated heterocycles. The Morgan fingerprint density at radius 2 is 2.14 bits per heavy atom. The van der Waals surface area contributed by atoms with Gasteiger partial charge in [0.1, 0.15) is 18.8 Å². The third-order valence-electron chi connectivity index (χ3n) is 4.81. The van der Waals surface area contributed by atoms with Crippen LogP contribution in [0.4, 0.5) is 0 Å². The standard InChI is InChI=1S/C17H22ClN5O5S/c1-4-5-29-16-19-14(18)11-15(20-16)23(22-21-11)8-6-9(26-7-10(24)25)13-12(8)27-17(2,3)28-13/h8-9,12-13H,4-7H2,1-3H3,(H,24,25)/t8?,9-,12-,13+/m0/s1. The zero-order valence-corrected chi connectivity index (χ0v) is 17.8. The molecule has 0 spiro atoms. The van der Waals surface area contributed by atoms with Crippen LogP contribution in [0.15, 0.2) is 5.16 Å². The summed E-state index contributed by atoms with van der Waals surface area (Å²) >= 11 is 7.82. The predicted octanol–water partition coefficient (Wildman–Crippen LogP) is 2.31. The van der Waals surface area contributed by atoms with Crippen LogP contribution in [0.3, 0.4) is 0 Å². The fourth-order valence-electron chi connectivity index (χ4n) is 3.75. The van der Waals surface area contributed by atoms with Gasteiger partial charge in [-0.3, -0.25) is 0 Å². The highest BCUT2D eigenvalue weighted by molar-refractivity contribution is 7.99. The molecule has 1 unspecified atom stereocenters. The zero-order valence-electron chi connectivity index (χ0n) is 16.2. The summed E-state index contributed by atoms with van der Waals surface area (Å²) in [5, 5.41) is 18.2. The molecule has 1 N–H and O–H groups in total. The van der Waals surface area contributed by atoms with Gasteiger partial charge in [-0.1, -0.05) is 35.5 Å². The zero-order chi connectivity index (χ0) is 20.8. The van der Waals surface area contributed by atoms with Crippen LogP contribution in [0.1, 0.15) is 39.7 Å². The molecule has 0 amide bonds. The number of carbonyl (C=O) groups is 1. The maximum Gasteiger partial charge on any atom is 0.329 e. The molecular formula is C17H22ClN5O5S. The van der Waals surface area contributed by atoms with E-state index in [9.17, 15) is 4.79 Å². The van der Waals surface area contributed by atoms with Gasteiger partial charge in [0.25, 0.3) is 0 Å². The van der Waals surface area contributed by atoms with E-state index in [2.05, 4.69) is 27.2 Å². The second-order valence-corrected chi connectivity index (χ2v) is 8.88. The van der Waals surface area contributed by atoms with E-state index in [0.717, 1.165) is 12.2 Å². The van der Waals surface area contributed by atoms with E-state index in [4.69, 9.17) is 30.9 Å². The van der Waals surface area contributed by atoms with Crippen LogP contribution in [-0.4, -0.2) is 72.5 Å². The first-order valence-corrected chi connectivity index (χ1v) is 10.8. The summed E-state index contributed by atoms with van der Waals surface area (Å²) in [6, 6.07) is -0.291. The van der Waals surface area contributed by atoms with Gasteiger partial charge in [0.15, 0.2) is 27.3 Å². The van der Waals surface area contributed by atoms with Gasteiger partial charge in [0.05, 0.1) is 12.1 Å². The number of halogens is 1. The number of carboxylic acid groups (broad SMARTS) is 1. The molecule has 0 bridgehead atoms. The van der Waals surface area contributed by atoms with Gasteiger partial charge in [-0.05, 0) is 20.3 Å². The maximum absolute atomic E-state index is 11.0. The first kappa shape index (κ1) is 20.7. The van der Waals surface area contributed by atoms with Crippen LogP contribution < -0.4 is 0 Å². The van der Waals surface area contributed by atoms with Crippen LogP contribution in [0.25, 0.3) is 11.2 Å². The third-order valence-corrected chi connectivity index (χ3v) is 6.13. The molecule has 10 nitrogen and oxygen atoms in total. The van der Waals surface area contributed by atoms with Crippen molar-refractivity contribution < 1.29 is 24.1 Å². The van der Waals surface area contributed by atoms with Gasteiger partial charge in [-0.15, -0.1) is 5.10 Å². The van der Waals surface area contributed by atoms with Gasteiger partial charge in [-0.25, -0.2) is 19.4 Å². The minimum Gasteiger partial charge on any atom is -0.480 e. The average molecular weight is 444 g/mol. The van der Waals surface area contributed by atoms with Gasteiger partial charge in [0.2, 0.25) is 0 Å². The summed E-state index contributed by atoms with van der Waals surface area (Å²) in [5.41, 5.74) is 0.927. The van der Waals surface area contributed by atoms with E-state index >= 15 is 0 Å². The maximum atomic E-state index is 11.0. The molecule has 4 rings (SSSR count). The van der Waals surface area contributed by atoms with E-state index < -0.39 is 30.6 Å². The highest BCUT2D eigenvalue weighted by Crippen LogP contribution is 2.45. The normalized spacial score (nSPS) is 28.1. The number of fused-ring (bicyclic) bond motifs is 2. The summed E-state index contributed by atoms with van der Waals surface area (Å²) in [4.78, 5) is 19.9. The largest absolute Gasteiger partial charge is 0.480 e. The average Bonchev–Trinajstić information content (AvgIpc) is 3.29. The molecule has 1 saturated carbocycles. The number of nitrogens with zero attached hydrogens (tertiary/aromatic N) is 5. The number of thioether (sulfide) groups is 1. The topological polar surface area (TPSA) is 121 Å². The van der Waals surface area contributed by atoms with Crippen LogP contribution in [-0.2, 0) is 19.0 Å². The van der Waals surface area contributed by atoms with Gasteiger partial charge < -0.3 is 19.3 Å². The van der Waals surface area contributed by atoms with Crippen LogP contribution >= 0.6 is 23.4 Å². The van der Waals surface area contributed by atoms with E-state index in [-0.39, 0.29) is 17.3 Å². The summed E-state index contributed by atoms with van der Waals surface area (Å²) in [6.07, 6.45) is 0.189. The smallest absolute Gasteiger partial charge is 0.329 e. The Kier molecular flexibility index (Phi) is 5.68. The SMILES string of the molecule is CCCSc1nc(Cl)c2nnn(C3C[C@H](OCC(=O)O)[C@H]4OC(C)(C)O[C@@H]34)c2n1. The number of ether oxygens (including phenoxy) is 3. The quantitative estimate of drug-likeness (QED) is 0.387. The lowest BCUT2D eigenvalue weighted by atomic mass is 10.2. The molecular weight excluding hydrogens is 422 g/mol. The van der Waals surface area contributed by atoms with Crippen LogP contribution in [0.5, 0.6) is 0 Å². The van der Waals surface area contributed by atoms with Crippen molar-refractivity contribution in [1.82, 2.24) is 25.0 Å². The van der Waals surface area contributed by atoms with Crippen molar-refractivity contribution in [1.29, 1.82) is 0 Å². The Bertz CT molecular complexity index is 925. The molecule has 12 heteroatoms. The van der Waals surface area contributed by atoms with Crippen molar-refractivity contribution >= 4 is 40.5 Å². The number of aromatic nitrogens is 5. The van der Waals surface area contributed by atoms with Crippen LogP contribution in [0.2, 0.25) is 5.15 Å². The Labute approximate surface area is 176 Å². The Balaban J connectivity index is 1.68. The second kappa shape index (κ2) is 7.95. The molecule has 0 radical (unpaired) electrons. The van der Waals surface area contributed by atoms with E-state index in [1.807, 2.05) is 13.8 Å². The molecule has 1 aliphatic carbocycles. The molecule has 4 atom stereocenters. The lowest BCUT2D eigenvalue weighted by Crippen LogP contribution is -2.32. The molecule has 1 aliphatic heterocycles. The summed E-state index contributed by atoms with van der Waals surface area (Å²) in [6.45, 7) is 5.30. The summed E-state index contributed by atoms with van der Waals surface area (Å²) in [5.74, 6) is -0.982. The van der Waals surface area contributed by atoms with Crippen molar-refractivity contribution in [2.45, 2.75) is 68.9 Å². The second-order valence-electron chi connectivity index (χ2n) is 7.46. The minimum atomic E-state index is -1.04. The van der Waals surface area contributed by atoms with Crippen molar-refractivity contribution in [2.24, 2.45) is 0 Å². The molecule has 2 aliphatic rings. The van der Waals surface area contributed by atoms with Crippen LogP contribution in [0, 0.1) is 0 Å². The number of rotatable bonds is 7. The number of aliphatic carboxylic acids is 1. The van der Waals surface area contributed by atoms with E-state index in [0.29, 0.717) is 22.7 Å². The highest BCUT2D eigenvalue weighted by Gasteiger charge is 2.56. The van der Waals surface area contributed by atoms with Crippen molar-refractivity contribution in [2.75, 3.05) is 12.4 Å². The van der Waals surface area contributed by atoms with E-state index in [1.165, 1.54) is 11.8 Å². The Morgan fingerprint density at radius 3 is 2.86 bits per heavy atom. The predicted molar refractivity (Wildman–Crippen MR) is 104 cm³/mol. The fourth-order valence-corrected chi connectivity index (χ4v) is 4.69. The van der Waals surface area contributed by atoms with E-state index in [1.54, 1.807) is 4.68 Å². The first-order chi connectivity index (χ1) is 13.8. The molecule has 2 aromatic heterocycles.